The number of carboxylic acid groups (broad SMARTS) is 1. The Hall–Kier alpha value is -1.24. The van der Waals surface area contributed by atoms with Gasteiger partial charge in [-0.3, -0.25) is 0 Å². The molecule has 0 atom stereocenters. The second-order valence-corrected chi connectivity index (χ2v) is 6.43. The zero-order valence-electron chi connectivity index (χ0n) is 9.76. The highest BCUT2D eigenvalue weighted by Crippen LogP contribution is 2.25. The largest absolute Gasteiger partial charge is 0.488 e. The van der Waals surface area contributed by atoms with E-state index in [1.54, 1.807) is 6.92 Å². The molecule has 0 fully saturated rings. The third-order valence-corrected chi connectivity index (χ3v) is 3.83. The number of carbonyl (C=O) groups is 1. The molecule has 1 aromatic rings. The van der Waals surface area contributed by atoms with Crippen molar-refractivity contribution in [1.82, 2.24) is 0 Å². The average Bonchev–Trinajstić information content (AvgIpc) is 2.34. The van der Waals surface area contributed by atoms with Gasteiger partial charge in [-0.05, 0) is 30.7 Å². The second kappa shape index (κ2) is 6.27. The van der Waals surface area contributed by atoms with E-state index in [1.807, 2.05) is 0 Å². The first-order chi connectivity index (χ1) is 8.75. The van der Waals surface area contributed by atoms with E-state index in [-0.39, 0.29) is 22.8 Å². The molecule has 104 valence electrons. The van der Waals surface area contributed by atoms with Gasteiger partial charge in [-0.1, -0.05) is 11.6 Å². The van der Waals surface area contributed by atoms with Gasteiger partial charge < -0.3 is 9.84 Å². The third kappa shape index (κ3) is 4.41. The Labute approximate surface area is 119 Å². The molecule has 8 heteroatoms. The molecule has 19 heavy (non-hydrogen) atoms. The molecular weight excluding hydrogens is 315 g/mol. The molecule has 0 heterocycles. The summed E-state index contributed by atoms with van der Waals surface area (Å²) in [6.45, 7) is 1.79. The SMILES string of the molecule is C/C(=C/Cl)COc1ccc(S(=O)(=O)Cl)cc1C(=O)O. The maximum Gasteiger partial charge on any atom is 0.339 e. The van der Waals surface area contributed by atoms with Crippen LogP contribution in [0.4, 0.5) is 0 Å². The van der Waals surface area contributed by atoms with E-state index in [1.165, 1.54) is 17.7 Å². The Kier molecular flexibility index (Phi) is 5.22. The van der Waals surface area contributed by atoms with Gasteiger partial charge in [0.1, 0.15) is 17.9 Å². The Morgan fingerprint density at radius 2 is 2.11 bits per heavy atom. The van der Waals surface area contributed by atoms with Gasteiger partial charge in [0.2, 0.25) is 0 Å². The Bertz CT molecular complexity index is 622. The van der Waals surface area contributed by atoms with Crippen molar-refractivity contribution < 1.29 is 23.1 Å². The molecule has 0 bridgehead atoms. The predicted octanol–water partition coefficient (Wildman–Crippen LogP) is 2.83. The van der Waals surface area contributed by atoms with Crippen molar-refractivity contribution in [3.8, 4) is 5.75 Å². The molecule has 0 spiro atoms. The zero-order valence-corrected chi connectivity index (χ0v) is 12.1. The molecule has 0 aliphatic rings. The number of hydrogen-bond donors (Lipinski definition) is 1. The molecule has 0 amide bonds. The lowest BCUT2D eigenvalue weighted by molar-refractivity contribution is 0.0692. The summed E-state index contributed by atoms with van der Waals surface area (Å²) in [5, 5.41) is 9.02. The lowest BCUT2D eigenvalue weighted by atomic mass is 10.2. The minimum absolute atomic E-state index is 0.0365. The van der Waals surface area contributed by atoms with Crippen molar-refractivity contribution >= 4 is 37.3 Å². The highest BCUT2D eigenvalue weighted by Gasteiger charge is 2.17. The number of benzene rings is 1. The molecule has 0 aliphatic carbocycles. The van der Waals surface area contributed by atoms with E-state index < -0.39 is 15.0 Å². The number of aromatic carboxylic acids is 1. The highest BCUT2D eigenvalue weighted by atomic mass is 35.7. The van der Waals surface area contributed by atoms with Gasteiger partial charge in [0.05, 0.1) is 4.90 Å². The van der Waals surface area contributed by atoms with Crippen LogP contribution >= 0.6 is 22.3 Å². The fourth-order valence-electron chi connectivity index (χ4n) is 1.18. The number of ether oxygens (including phenoxy) is 1. The molecule has 1 N–H and O–H groups in total. The summed E-state index contributed by atoms with van der Waals surface area (Å²) < 4.78 is 27.5. The van der Waals surface area contributed by atoms with Crippen LogP contribution < -0.4 is 4.74 Å². The topological polar surface area (TPSA) is 80.7 Å². The van der Waals surface area contributed by atoms with E-state index in [9.17, 15) is 13.2 Å². The number of hydrogen-bond acceptors (Lipinski definition) is 4. The first kappa shape index (κ1) is 15.8. The summed E-state index contributed by atoms with van der Waals surface area (Å²) in [5.41, 5.74) is 1.70. The highest BCUT2D eigenvalue weighted by molar-refractivity contribution is 8.13. The maximum atomic E-state index is 11.1. The summed E-state index contributed by atoms with van der Waals surface area (Å²) in [7, 11) is 1.16. The second-order valence-electron chi connectivity index (χ2n) is 3.65. The van der Waals surface area contributed by atoms with Crippen molar-refractivity contribution in [2.24, 2.45) is 0 Å². The predicted molar refractivity (Wildman–Crippen MR) is 71.5 cm³/mol. The fourth-order valence-corrected chi connectivity index (χ4v) is 2.02. The summed E-state index contributed by atoms with van der Waals surface area (Å²) in [6.07, 6.45) is 0. The van der Waals surface area contributed by atoms with E-state index >= 15 is 0 Å². The van der Waals surface area contributed by atoms with Crippen LogP contribution in [0.1, 0.15) is 17.3 Å². The van der Waals surface area contributed by atoms with Crippen molar-refractivity contribution in [1.29, 1.82) is 0 Å². The van der Waals surface area contributed by atoms with Crippen LogP contribution in [0.15, 0.2) is 34.2 Å². The normalized spacial score (nSPS) is 12.3. The van der Waals surface area contributed by atoms with E-state index in [0.717, 1.165) is 6.07 Å². The van der Waals surface area contributed by atoms with Gasteiger partial charge >= 0.3 is 5.97 Å². The lowest BCUT2D eigenvalue weighted by Gasteiger charge is -2.09. The van der Waals surface area contributed by atoms with Crippen LogP contribution in [0, 0.1) is 0 Å². The van der Waals surface area contributed by atoms with E-state index in [4.69, 9.17) is 32.1 Å². The lowest BCUT2D eigenvalue weighted by Crippen LogP contribution is -2.06. The van der Waals surface area contributed by atoms with Gasteiger partial charge in [0.25, 0.3) is 9.05 Å². The van der Waals surface area contributed by atoms with Crippen LogP contribution in [0.25, 0.3) is 0 Å². The van der Waals surface area contributed by atoms with E-state index in [0.29, 0.717) is 5.57 Å². The molecule has 0 radical (unpaired) electrons. The Morgan fingerprint density at radius 3 is 2.58 bits per heavy atom. The number of rotatable bonds is 5. The van der Waals surface area contributed by atoms with Gasteiger partial charge in [-0.15, -0.1) is 0 Å². The van der Waals surface area contributed by atoms with Gasteiger partial charge in [0.15, 0.2) is 0 Å². The number of carboxylic acids is 1. The summed E-state index contributed by atoms with van der Waals surface area (Å²) in [6, 6.07) is 3.35. The average molecular weight is 325 g/mol. The van der Waals surface area contributed by atoms with Crippen molar-refractivity contribution in [2.75, 3.05) is 6.61 Å². The smallest absolute Gasteiger partial charge is 0.339 e. The molecule has 0 saturated carbocycles. The van der Waals surface area contributed by atoms with Crippen molar-refractivity contribution in [3.63, 3.8) is 0 Å². The quantitative estimate of drug-likeness (QED) is 0.842. The Balaban J connectivity index is 3.16. The fraction of sp³-hybridized carbons (Fsp3) is 0.182. The van der Waals surface area contributed by atoms with Crippen molar-refractivity contribution in [3.05, 3.63) is 34.9 Å². The standard InChI is InChI=1S/C11H10Cl2O5S/c1-7(5-12)6-18-10-3-2-8(19(13,16)17)4-9(10)11(14)15/h2-5H,6H2,1H3,(H,14,15)/b7-5-. The third-order valence-electron chi connectivity index (χ3n) is 2.10. The van der Waals surface area contributed by atoms with Crippen molar-refractivity contribution in [2.45, 2.75) is 11.8 Å². The molecule has 1 rings (SSSR count). The first-order valence-corrected chi connectivity index (χ1v) is 7.71. The molecular formula is C11H10Cl2O5S. The molecule has 0 unspecified atom stereocenters. The summed E-state index contributed by atoms with van der Waals surface area (Å²) in [5.74, 6) is -1.28. The zero-order chi connectivity index (χ0) is 14.6. The van der Waals surface area contributed by atoms with Crippen LogP contribution in [-0.2, 0) is 9.05 Å². The molecule has 0 saturated heterocycles. The van der Waals surface area contributed by atoms with Gasteiger partial charge in [0, 0.05) is 16.2 Å². The molecule has 0 aliphatic heterocycles. The van der Waals surface area contributed by atoms with E-state index in [2.05, 4.69) is 0 Å². The first-order valence-electron chi connectivity index (χ1n) is 4.96. The van der Waals surface area contributed by atoms with Crippen LogP contribution in [0.5, 0.6) is 5.75 Å². The Morgan fingerprint density at radius 1 is 1.47 bits per heavy atom. The molecule has 5 nitrogen and oxygen atoms in total. The van der Waals surface area contributed by atoms with Gasteiger partial charge in [-0.25, -0.2) is 13.2 Å². The maximum absolute atomic E-state index is 11.1. The summed E-state index contributed by atoms with van der Waals surface area (Å²) >= 11 is 5.45. The number of halogens is 2. The van der Waals surface area contributed by atoms with Crippen LogP contribution in [0.3, 0.4) is 0 Å². The van der Waals surface area contributed by atoms with Gasteiger partial charge in [-0.2, -0.15) is 0 Å². The molecule has 1 aromatic carbocycles. The molecule has 0 aromatic heterocycles. The summed E-state index contributed by atoms with van der Waals surface area (Å²) in [4.78, 5) is 10.8. The minimum atomic E-state index is -3.99. The minimum Gasteiger partial charge on any atom is -0.488 e. The van der Waals surface area contributed by atoms with Crippen LogP contribution in [-0.4, -0.2) is 26.1 Å². The van der Waals surface area contributed by atoms with Crippen LogP contribution in [0.2, 0.25) is 0 Å². The monoisotopic (exact) mass is 324 g/mol.